The summed E-state index contributed by atoms with van der Waals surface area (Å²) < 4.78 is 70.5. The fraction of sp³-hybridized carbons (Fsp3) is 0.611. The van der Waals surface area contributed by atoms with E-state index in [1.165, 1.54) is 35.8 Å². The maximum Gasteiger partial charge on any atom is 0.441 e. The number of aldehydes is 1. The molecule has 3 heterocycles. The Morgan fingerprint density at radius 3 is 1.32 bits per heavy atom. The summed E-state index contributed by atoms with van der Waals surface area (Å²) in [7, 11) is -3.92. The van der Waals surface area contributed by atoms with Gasteiger partial charge in [-0.15, -0.1) is 0 Å². The molecule has 0 N–H and O–H groups in total. The van der Waals surface area contributed by atoms with Crippen LogP contribution in [0.2, 0.25) is 0 Å². The minimum absolute atomic E-state index is 0.190. The van der Waals surface area contributed by atoms with Crippen molar-refractivity contribution in [1.82, 2.24) is 14.7 Å². The van der Waals surface area contributed by atoms with Gasteiger partial charge < -0.3 is 66.4 Å². The first-order valence-corrected chi connectivity index (χ1v) is 27.5. The van der Waals surface area contributed by atoms with Gasteiger partial charge in [-0.1, -0.05) is 77.9 Å². The van der Waals surface area contributed by atoms with Crippen LogP contribution in [0.15, 0.2) is 60.7 Å². The average molecular weight is 1110 g/mol. The molecule has 3 aliphatic heterocycles. The molecule has 432 valence electrons. The smallest absolute Gasteiger partial charge is 0.441 e. The molecule has 0 spiro atoms. The van der Waals surface area contributed by atoms with E-state index >= 15 is 0 Å². The van der Waals surface area contributed by atoms with E-state index in [4.69, 9.17) is 51.7 Å². The van der Waals surface area contributed by atoms with Gasteiger partial charge in [0.25, 0.3) is 0 Å². The molecule has 3 aliphatic rings. The molecule has 77 heavy (non-hydrogen) atoms. The van der Waals surface area contributed by atoms with E-state index in [0.29, 0.717) is 103 Å². The summed E-state index contributed by atoms with van der Waals surface area (Å²) in [6, 6.07) is 14.8. The zero-order valence-electron chi connectivity index (χ0n) is 46.9. The molecule has 0 saturated carbocycles. The summed E-state index contributed by atoms with van der Waals surface area (Å²) in [5, 5.41) is 0. The Balaban J connectivity index is 0.000000372. The quantitative estimate of drug-likeness (QED) is 0.0509. The Morgan fingerprint density at radius 1 is 0.571 bits per heavy atom. The van der Waals surface area contributed by atoms with Crippen LogP contribution < -0.4 is 9.05 Å². The summed E-state index contributed by atoms with van der Waals surface area (Å²) >= 11 is 0. The number of esters is 3. The lowest BCUT2D eigenvalue weighted by Crippen LogP contribution is -2.43. The predicted octanol–water partition coefficient (Wildman–Crippen LogP) is 7.91. The molecule has 0 aromatic heterocycles. The second-order valence-corrected chi connectivity index (χ2v) is 21.2. The van der Waals surface area contributed by atoms with E-state index in [1.807, 2.05) is 77.9 Å². The van der Waals surface area contributed by atoms with Crippen molar-refractivity contribution < 1.29 is 89.8 Å². The van der Waals surface area contributed by atoms with Gasteiger partial charge in [0.2, 0.25) is 0 Å². The lowest BCUT2D eigenvalue weighted by molar-refractivity contribution is -0.152. The second-order valence-electron chi connectivity index (χ2n) is 19.3. The largest absolute Gasteiger partial charge is 0.465 e. The fourth-order valence-electron chi connectivity index (χ4n) is 6.79. The Bertz CT molecular complexity index is 2160. The van der Waals surface area contributed by atoms with Crippen molar-refractivity contribution in [2.24, 2.45) is 0 Å². The Hall–Kier alpha value is -6.22. The SMILES string of the molecule is CCOC(=O)/C=C\[C@H](C)OC(=O)N1CCOCC1.CCOC(=O)CP(=O)(Oc1ccccc1C(C)(C)C)Oc1ccccc1C(C)(C)C.CCOC(=O)[C@H](C)OC(=O)N1CCOCC1.C[C@@H](C=O)OC(=O)N1CCOCC1. The molecule has 23 heteroatoms. The monoisotopic (exact) mass is 1110 g/mol. The summed E-state index contributed by atoms with van der Waals surface area (Å²) in [6.07, 6.45) is -0.450. The number of morpholine rings is 3. The highest BCUT2D eigenvalue weighted by Gasteiger charge is 2.36. The highest BCUT2D eigenvalue weighted by molar-refractivity contribution is 7.55. The number of ether oxygens (including phenoxy) is 9. The van der Waals surface area contributed by atoms with Gasteiger partial charge in [0.15, 0.2) is 24.7 Å². The third kappa shape index (κ3) is 26.1. The first kappa shape index (κ1) is 66.9. The van der Waals surface area contributed by atoms with Gasteiger partial charge in [-0.05, 0) is 70.6 Å². The molecule has 0 bridgehead atoms. The Labute approximate surface area is 453 Å². The summed E-state index contributed by atoms with van der Waals surface area (Å²) in [5.74, 6) is -0.713. The summed E-state index contributed by atoms with van der Waals surface area (Å²) in [4.78, 5) is 83.8. The first-order chi connectivity index (χ1) is 36.4. The highest BCUT2D eigenvalue weighted by atomic mass is 31.2. The van der Waals surface area contributed by atoms with Crippen molar-refractivity contribution in [2.45, 2.75) is 112 Å². The van der Waals surface area contributed by atoms with E-state index < -0.39 is 62.2 Å². The van der Waals surface area contributed by atoms with Crippen molar-refractivity contribution in [2.75, 3.05) is 105 Å². The molecule has 3 saturated heterocycles. The van der Waals surface area contributed by atoms with Crippen LogP contribution in [0.1, 0.15) is 94.2 Å². The molecule has 3 fully saturated rings. The van der Waals surface area contributed by atoms with Crippen molar-refractivity contribution in [1.29, 1.82) is 0 Å². The van der Waals surface area contributed by atoms with Crippen LogP contribution in [0.4, 0.5) is 14.4 Å². The van der Waals surface area contributed by atoms with Crippen molar-refractivity contribution in [3.8, 4) is 11.5 Å². The number of hydrogen-bond acceptors (Lipinski definition) is 19. The lowest BCUT2D eigenvalue weighted by atomic mass is 9.86. The molecular weight excluding hydrogens is 1030 g/mol. The minimum Gasteiger partial charge on any atom is -0.465 e. The molecule has 0 radical (unpaired) electrons. The van der Waals surface area contributed by atoms with Crippen LogP contribution in [-0.4, -0.2) is 180 Å². The van der Waals surface area contributed by atoms with Crippen LogP contribution in [0.3, 0.4) is 0 Å². The normalized spacial score (nSPS) is 15.9. The molecular formula is C54H82N3O19P. The number of carbonyl (C=O) groups is 7. The third-order valence-corrected chi connectivity index (χ3v) is 12.3. The van der Waals surface area contributed by atoms with Gasteiger partial charge in [0, 0.05) is 56.5 Å². The molecule has 3 atom stereocenters. The standard InChI is InChI=1S/C24H33O5P.C12H19NO5.C10H17NO5.C8H13NO4/c1-8-27-22(25)17-30(26,28-20-15-11-9-13-18(20)23(2,3)4)29-21-16-12-10-14-19(21)24(5,6)7;1-3-17-11(14)5-4-10(2)18-12(15)13-6-8-16-9-7-13;1-3-15-9(12)8(2)16-10(13)11-4-6-14-7-5-11;1-7(6-10)13-8(11)9-2-4-12-5-3-9/h9-16H,8,17H2,1-7H3;4-5,10H,3,6-9H2,1-2H3;8H,3-7H2,1-2H3;6-7H,2-5H2,1H3/b;5-4-;;/t;10-;8-;7-/m.000/s1. The Kier molecular flexibility index (Phi) is 30.0. The van der Waals surface area contributed by atoms with Crippen molar-refractivity contribution >= 4 is 50.1 Å². The van der Waals surface area contributed by atoms with Gasteiger partial charge in [-0.25, -0.2) is 28.5 Å². The maximum atomic E-state index is 13.9. The number of carbonyl (C=O) groups excluding carboxylic acids is 7. The van der Waals surface area contributed by atoms with Gasteiger partial charge >= 0.3 is 43.8 Å². The number of rotatable bonds is 16. The number of amides is 3. The maximum absolute atomic E-state index is 13.9. The first-order valence-electron chi connectivity index (χ1n) is 25.8. The zero-order chi connectivity index (χ0) is 57.6. The molecule has 22 nitrogen and oxygen atoms in total. The summed E-state index contributed by atoms with van der Waals surface area (Å²) in [6.45, 7) is 29.2. The third-order valence-electron chi connectivity index (χ3n) is 10.8. The van der Waals surface area contributed by atoms with Crippen LogP contribution in [0.5, 0.6) is 11.5 Å². The minimum atomic E-state index is -3.92. The highest BCUT2D eigenvalue weighted by Crippen LogP contribution is 2.52. The van der Waals surface area contributed by atoms with Gasteiger partial charge in [-0.3, -0.25) is 9.59 Å². The molecule has 2 aromatic rings. The average Bonchev–Trinajstić information content (AvgIpc) is 3.39. The number of nitrogens with zero attached hydrogens (tertiary/aromatic N) is 3. The van der Waals surface area contributed by atoms with Crippen LogP contribution in [-0.2, 0) is 77.2 Å². The topological polar surface area (TPSA) is 248 Å². The predicted molar refractivity (Wildman–Crippen MR) is 284 cm³/mol. The van der Waals surface area contributed by atoms with Gasteiger partial charge in [-0.2, -0.15) is 0 Å². The molecule has 2 aromatic carbocycles. The molecule has 0 aliphatic carbocycles. The number of benzene rings is 2. The van der Waals surface area contributed by atoms with Crippen LogP contribution in [0, 0.1) is 0 Å². The van der Waals surface area contributed by atoms with E-state index in [1.54, 1.807) is 44.7 Å². The van der Waals surface area contributed by atoms with Crippen LogP contribution in [0.25, 0.3) is 0 Å². The summed E-state index contributed by atoms with van der Waals surface area (Å²) in [5.41, 5.74) is 1.27. The molecule has 0 unspecified atom stereocenters. The van der Waals surface area contributed by atoms with Gasteiger partial charge in [0.1, 0.15) is 17.6 Å². The Morgan fingerprint density at radius 2 is 0.948 bits per heavy atom. The van der Waals surface area contributed by atoms with Crippen molar-refractivity contribution in [3.63, 3.8) is 0 Å². The number of hydrogen-bond donors (Lipinski definition) is 0. The fourth-order valence-corrected chi connectivity index (χ4v) is 8.28. The number of para-hydroxylation sites is 2. The second kappa shape index (κ2) is 34.5. The lowest BCUT2D eigenvalue weighted by Gasteiger charge is -2.28. The van der Waals surface area contributed by atoms with E-state index in [-0.39, 0.29) is 30.1 Å². The van der Waals surface area contributed by atoms with Crippen LogP contribution >= 0.6 is 7.60 Å². The van der Waals surface area contributed by atoms with Crippen molar-refractivity contribution in [3.05, 3.63) is 71.8 Å². The zero-order valence-corrected chi connectivity index (χ0v) is 47.8. The van der Waals surface area contributed by atoms with E-state index in [2.05, 4.69) is 0 Å². The van der Waals surface area contributed by atoms with E-state index in [0.717, 1.165) is 11.1 Å². The molecule has 5 rings (SSSR count). The van der Waals surface area contributed by atoms with E-state index in [9.17, 15) is 38.1 Å². The van der Waals surface area contributed by atoms with Gasteiger partial charge in [0.05, 0.1) is 59.5 Å². The molecule has 3 amide bonds.